The van der Waals surface area contributed by atoms with Crippen molar-refractivity contribution >= 4 is 34.7 Å². The molecule has 4 aromatic rings. The Morgan fingerprint density at radius 1 is 1.12 bits per heavy atom. The van der Waals surface area contributed by atoms with Gasteiger partial charge in [-0.1, -0.05) is 11.6 Å². The molecule has 2 saturated heterocycles. The molecule has 2 aliphatic heterocycles. The zero-order valence-corrected chi connectivity index (χ0v) is 24.2. The Morgan fingerprint density at radius 2 is 1.93 bits per heavy atom. The van der Waals surface area contributed by atoms with Crippen molar-refractivity contribution in [1.29, 1.82) is 0 Å². The van der Waals surface area contributed by atoms with Crippen LogP contribution in [0.1, 0.15) is 40.4 Å². The number of piperazine rings is 1. The minimum absolute atomic E-state index is 0.293. The molecule has 4 heterocycles. The van der Waals surface area contributed by atoms with Crippen LogP contribution < -0.4 is 15.0 Å². The van der Waals surface area contributed by atoms with Crippen molar-refractivity contribution < 1.29 is 18.3 Å². The lowest BCUT2D eigenvalue weighted by molar-refractivity contribution is 0.102. The second-order valence-electron chi connectivity index (χ2n) is 10.8. The Morgan fingerprint density at radius 3 is 2.71 bits per heavy atom. The first kappa shape index (κ1) is 28.3. The Hall–Kier alpha value is -3.80. The van der Waals surface area contributed by atoms with Crippen molar-refractivity contribution in [3.8, 4) is 5.75 Å². The maximum Gasteiger partial charge on any atom is 0.259 e. The predicted molar refractivity (Wildman–Crippen MR) is 157 cm³/mol. The summed E-state index contributed by atoms with van der Waals surface area (Å²) in [7, 11) is 3.63. The van der Waals surface area contributed by atoms with Crippen LogP contribution >= 0.6 is 11.6 Å². The normalized spacial score (nSPS) is 18.1. The number of amides is 1. The van der Waals surface area contributed by atoms with Crippen molar-refractivity contribution in [2.75, 3.05) is 57.1 Å². The zero-order chi connectivity index (χ0) is 29.4. The van der Waals surface area contributed by atoms with Crippen LogP contribution in [-0.2, 0) is 6.54 Å². The lowest BCUT2D eigenvalue weighted by Gasteiger charge is -2.32. The van der Waals surface area contributed by atoms with Gasteiger partial charge in [0.1, 0.15) is 28.9 Å². The first-order valence-electron chi connectivity index (χ1n) is 14.0. The summed E-state index contributed by atoms with van der Waals surface area (Å²) in [5, 5.41) is 7.71. The third-order valence-corrected chi connectivity index (χ3v) is 8.42. The molecule has 220 valence electrons. The number of rotatable bonds is 7. The molecule has 2 fully saturated rings. The molecule has 0 spiro atoms. The van der Waals surface area contributed by atoms with Crippen molar-refractivity contribution in [1.82, 2.24) is 24.4 Å². The van der Waals surface area contributed by atoms with Gasteiger partial charge in [0, 0.05) is 56.1 Å². The van der Waals surface area contributed by atoms with Crippen LogP contribution in [0.2, 0.25) is 5.02 Å². The molecule has 0 aliphatic carbocycles. The third kappa shape index (κ3) is 5.64. The Bertz CT molecular complexity index is 1620. The van der Waals surface area contributed by atoms with Gasteiger partial charge >= 0.3 is 0 Å². The topological polar surface area (TPSA) is 78.2 Å². The molecular formula is C30H32ClF2N7O2. The van der Waals surface area contributed by atoms with E-state index in [1.807, 2.05) is 11.0 Å². The lowest BCUT2D eigenvalue weighted by Crippen LogP contribution is -2.43. The van der Waals surface area contributed by atoms with Crippen LogP contribution in [0.25, 0.3) is 5.65 Å². The Labute approximate surface area is 247 Å². The van der Waals surface area contributed by atoms with Crippen LogP contribution in [0.3, 0.4) is 0 Å². The number of carbonyl (C=O) groups is 1. The zero-order valence-electron chi connectivity index (χ0n) is 23.5. The van der Waals surface area contributed by atoms with Crippen LogP contribution in [0.15, 0.2) is 48.8 Å². The van der Waals surface area contributed by atoms with Crippen molar-refractivity contribution in [3.63, 3.8) is 0 Å². The van der Waals surface area contributed by atoms with E-state index >= 15 is 0 Å². The fraction of sp³-hybridized carbons (Fsp3) is 0.367. The second-order valence-corrected chi connectivity index (χ2v) is 11.2. The Balaban J connectivity index is 1.24. The molecule has 1 unspecified atom stereocenters. The molecule has 0 radical (unpaired) electrons. The molecular weight excluding hydrogens is 564 g/mol. The fourth-order valence-corrected chi connectivity index (χ4v) is 5.96. The smallest absolute Gasteiger partial charge is 0.259 e. The molecule has 1 atom stereocenters. The predicted octanol–water partition coefficient (Wildman–Crippen LogP) is 5.01. The number of carbonyl (C=O) groups excluding carboxylic acids is 1. The number of fused-ring (bicyclic) bond motifs is 1. The quantitative estimate of drug-likeness (QED) is 0.322. The molecule has 9 nitrogen and oxygen atoms in total. The molecule has 0 saturated carbocycles. The SMILES string of the molecule is COc1cc(CN2CCN(C)CC2)c(Cl)cc1C(=O)Nc1cnn2ccc(N3CCCC3c3cc(F)ccc3F)nc12. The van der Waals surface area contributed by atoms with Gasteiger partial charge in [-0.15, -0.1) is 0 Å². The van der Waals surface area contributed by atoms with Crippen molar-refractivity contribution in [2.45, 2.75) is 25.4 Å². The summed E-state index contributed by atoms with van der Waals surface area (Å²) in [5.74, 6) is -0.344. The van der Waals surface area contributed by atoms with Gasteiger partial charge in [-0.25, -0.2) is 18.3 Å². The monoisotopic (exact) mass is 595 g/mol. The van der Waals surface area contributed by atoms with Gasteiger partial charge in [0.05, 0.1) is 24.9 Å². The van der Waals surface area contributed by atoms with E-state index in [0.29, 0.717) is 58.6 Å². The van der Waals surface area contributed by atoms with E-state index in [1.54, 1.807) is 22.8 Å². The van der Waals surface area contributed by atoms with Gasteiger partial charge in [-0.3, -0.25) is 9.69 Å². The van der Waals surface area contributed by atoms with E-state index in [1.165, 1.54) is 19.4 Å². The molecule has 2 aromatic carbocycles. The molecule has 1 N–H and O–H groups in total. The number of nitrogens with one attached hydrogen (secondary N) is 1. The third-order valence-electron chi connectivity index (χ3n) is 8.07. The second kappa shape index (κ2) is 11.8. The number of hydrogen-bond acceptors (Lipinski definition) is 7. The number of aromatic nitrogens is 3. The van der Waals surface area contributed by atoms with E-state index in [4.69, 9.17) is 21.3 Å². The Kier molecular flexibility index (Phi) is 7.98. The molecule has 6 rings (SSSR count). The van der Waals surface area contributed by atoms with Crippen LogP contribution in [-0.4, -0.2) is 77.2 Å². The molecule has 12 heteroatoms. The molecule has 42 heavy (non-hydrogen) atoms. The lowest BCUT2D eigenvalue weighted by atomic mass is 10.0. The first-order chi connectivity index (χ1) is 20.3. The molecule has 2 aromatic heterocycles. The minimum atomic E-state index is -0.481. The highest BCUT2D eigenvalue weighted by atomic mass is 35.5. The first-order valence-corrected chi connectivity index (χ1v) is 14.3. The summed E-state index contributed by atoms with van der Waals surface area (Å²) in [6.45, 7) is 5.17. The van der Waals surface area contributed by atoms with Gasteiger partial charge in [0.2, 0.25) is 0 Å². The summed E-state index contributed by atoms with van der Waals surface area (Å²) in [6, 6.07) is 8.40. The minimum Gasteiger partial charge on any atom is -0.496 e. The molecule has 0 bridgehead atoms. The maximum absolute atomic E-state index is 14.6. The van der Waals surface area contributed by atoms with Crippen molar-refractivity contribution in [3.05, 3.63) is 82.1 Å². The van der Waals surface area contributed by atoms with E-state index in [9.17, 15) is 13.6 Å². The van der Waals surface area contributed by atoms with Gasteiger partial charge < -0.3 is 19.9 Å². The summed E-state index contributed by atoms with van der Waals surface area (Å²) in [5.41, 5.74) is 2.31. The number of hydrogen-bond donors (Lipinski definition) is 1. The highest BCUT2D eigenvalue weighted by Crippen LogP contribution is 2.37. The van der Waals surface area contributed by atoms with Crippen LogP contribution in [0.4, 0.5) is 20.3 Å². The summed E-state index contributed by atoms with van der Waals surface area (Å²) in [6.07, 6.45) is 4.73. The molecule has 2 aliphatic rings. The van der Waals surface area contributed by atoms with E-state index in [0.717, 1.165) is 50.3 Å². The van der Waals surface area contributed by atoms with Crippen LogP contribution in [0.5, 0.6) is 5.75 Å². The number of nitrogens with zero attached hydrogens (tertiary/aromatic N) is 6. The largest absolute Gasteiger partial charge is 0.496 e. The van der Waals surface area contributed by atoms with Gasteiger partial charge in [0.25, 0.3) is 5.91 Å². The average Bonchev–Trinajstić information content (AvgIpc) is 3.63. The average molecular weight is 596 g/mol. The van der Waals surface area contributed by atoms with Gasteiger partial charge in [-0.2, -0.15) is 5.10 Å². The van der Waals surface area contributed by atoms with Gasteiger partial charge in [-0.05, 0) is 61.9 Å². The molecule has 1 amide bonds. The number of likely N-dealkylation sites (N-methyl/N-ethyl adjacent to an activating group) is 1. The van der Waals surface area contributed by atoms with Gasteiger partial charge in [0.15, 0.2) is 5.65 Å². The standard InChI is InChI=1S/C30H32ClF2N7O2/c1-37-10-12-38(13-11-37)18-19-14-27(42-2)22(16-23(19)31)30(41)35-25-17-34-40-9-7-28(36-29(25)40)39-8-3-4-26(39)21-15-20(32)5-6-24(21)33/h5-7,9,14-17,26H,3-4,8,10-13,18H2,1-2H3,(H,35,41). The van der Waals surface area contributed by atoms with E-state index in [-0.39, 0.29) is 6.04 Å². The number of anilines is 2. The number of ether oxygens (including phenoxy) is 1. The van der Waals surface area contributed by atoms with E-state index in [2.05, 4.69) is 27.3 Å². The summed E-state index contributed by atoms with van der Waals surface area (Å²) < 4.78 is 35.7. The summed E-state index contributed by atoms with van der Waals surface area (Å²) in [4.78, 5) is 24.8. The van der Waals surface area contributed by atoms with Crippen LogP contribution in [0, 0.1) is 11.6 Å². The number of methoxy groups -OCH3 is 1. The highest BCUT2D eigenvalue weighted by molar-refractivity contribution is 6.32. The maximum atomic E-state index is 14.6. The summed E-state index contributed by atoms with van der Waals surface area (Å²) >= 11 is 6.65. The fourth-order valence-electron chi connectivity index (χ4n) is 5.74. The number of halogens is 3. The van der Waals surface area contributed by atoms with E-state index < -0.39 is 17.5 Å². The number of benzene rings is 2. The highest BCUT2D eigenvalue weighted by Gasteiger charge is 2.30. The van der Waals surface area contributed by atoms with Crippen molar-refractivity contribution in [2.24, 2.45) is 0 Å².